The number of halogens is 1. The van der Waals surface area contributed by atoms with Gasteiger partial charge in [-0.2, -0.15) is 4.31 Å². The second kappa shape index (κ2) is 6.43. The van der Waals surface area contributed by atoms with E-state index in [-0.39, 0.29) is 17.2 Å². The number of ether oxygens (including phenoxy) is 2. The molecule has 1 N–H and O–H groups in total. The first-order valence-electron chi connectivity index (χ1n) is 6.49. The first-order valence-corrected chi connectivity index (χ1v) is 8.72. The zero-order chi connectivity index (χ0) is 16.5. The smallest absolute Gasteiger partial charge is 0.322 e. The van der Waals surface area contributed by atoms with E-state index in [0.717, 1.165) is 4.31 Å². The van der Waals surface area contributed by atoms with E-state index in [9.17, 15) is 18.3 Å². The summed E-state index contributed by atoms with van der Waals surface area (Å²) in [5.74, 6) is -0.615. The molecule has 0 aliphatic carbocycles. The monoisotopic (exact) mass is 393 g/mol. The van der Waals surface area contributed by atoms with E-state index < -0.39 is 22.0 Å². The standard InChI is InChI=1S/C13H16BrNO6S/c1-20-10-7-11(21-2)12(6-8(10)14)22(18,19)15-5-3-4-9(15)13(16)17/h6-7,9H,3-5H2,1-2H3,(H,16,17)/t9-/m0/s1. The molecule has 1 aromatic rings. The highest BCUT2D eigenvalue weighted by Gasteiger charge is 2.41. The number of hydrogen-bond donors (Lipinski definition) is 1. The number of methoxy groups -OCH3 is 2. The highest BCUT2D eigenvalue weighted by Crippen LogP contribution is 2.38. The highest BCUT2D eigenvalue weighted by atomic mass is 79.9. The van der Waals surface area contributed by atoms with Gasteiger partial charge in [-0.3, -0.25) is 4.79 Å². The fraction of sp³-hybridized carbons (Fsp3) is 0.462. The summed E-state index contributed by atoms with van der Waals surface area (Å²) in [6.45, 7) is 0.173. The maximum Gasteiger partial charge on any atom is 0.322 e. The van der Waals surface area contributed by atoms with Crippen LogP contribution in [-0.4, -0.2) is 50.6 Å². The number of carboxylic acid groups (broad SMARTS) is 1. The van der Waals surface area contributed by atoms with Gasteiger partial charge in [0.2, 0.25) is 10.0 Å². The average Bonchev–Trinajstić information content (AvgIpc) is 2.97. The Kier molecular flexibility index (Phi) is 4.98. The number of hydrogen-bond acceptors (Lipinski definition) is 5. The van der Waals surface area contributed by atoms with Crippen LogP contribution < -0.4 is 9.47 Å². The molecule has 7 nitrogen and oxygen atoms in total. The molecular formula is C13H16BrNO6S. The lowest BCUT2D eigenvalue weighted by atomic mass is 10.2. The Labute approximate surface area is 137 Å². The summed E-state index contributed by atoms with van der Waals surface area (Å²) in [5, 5.41) is 9.19. The maximum absolute atomic E-state index is 12.8. The minimum Gasteiger partial charge on any atom is -0.495 e. The van der Waals surface area contributed by atoms with Gasteiger partial charge in [0.15, 0.2) is 0 Å². The lowest BCUT2D eigenvalue weighted by Gasteiger charge is -2.22. The zero-order valence-corrected chi connectivity index (χ0v) is 14.5. The first-order chi connectivity index (χ1) is 10.3. The van der Waals surface area contributed by atoms with Crippen LogP contribution >= 0.6 is 15.9 Å². The Hall–Kier alpha value is -1.32. The Bertz CT molecular complexity index is 690. The molecule has 0 amide bonds. The van der Waals surface area contributed by atoms with Crippen LogP contribution in [0.3, 0.4) is 0 Å². The molecule has 1 saturated heterocycles. The van der Waals surface area contributed by atoms with Gasteiger partial charge in [0, 0.05) is 12.6 Å². The van der Waals surface area contributed by atoms with E-state index in [1.54, 1.807) is 0 Å². The van der Waals surface area contributed by atoms with Crippen molar-refractivity contribution in [2.24, 2.45) is 0 Å². The molecule has 1 fully saturated rings. The summed E-state index contributed by atoms with van der Waals surface area (Å²) in [5.41, 5.74) is 0. The Balaban J connectivity index is 2.54. The summed E-state index contributed by atoms with van der Waals surface area (Å²) in [6, 6.07) is 1.77. The third-order valence-corrected chi connectivity index (χ3v) is 6.06. The molecule has 0 unspecified atom stereocenters. The quantitative estimate of drug-likeness (QED) is 0.817. The lowest BCUT2D eigenvalue weighted by Crippen LogP contribution is -2.40. The van der Waals surface area contributed by atoms with Gasteiger partial charge < -0.3 is 14.6 Å². The van der Waals surface area contributed by atoms with Crippen molar-refractivity contribution >= 4 is 31.9 Å². The molecule has 0 aromatic heterocycles. The van der Waals surface area contributed by atoms with E-state index in [1.165, 1.54) is 26.4 Å². The second-order valence-electron chi connectivity index (χ2n) is 4.75. The van der Waals surface area contributed by atoms with Crippen molar-refractivity contribution in [2.75, 3.05) is 20.8 Å². The van der Waals surface area contributed by atoms with Gasteiger partial charge in [-0.15, -0.1) is 0 Å². The Morgan fingerprint density at radius 3 is 2.50 bits per heavy atom. The number of aliphatic carboxylic acids is 1. The van der Waals surface area contributed by atoms with Gasteiger partial charge in [-0.1, -0.05) is 0 Å². The molecular weight excluding hydrogens is 378 g/mol. The third kappa shape index (κ3) is 2.92. The van der Waals surface area contributed by atoms with E-state index in [0.29, 0.717) is 23.1 Å². The minimum absolute atomic E-state index is 0.0872. The molecule has 1 heterocycles. The molecule has 0 radical (unpaired) electrons. The lowest BCUT2D eigenvalue weighted by molar-refractivity contribution is -0.140. The molecule has 1 aliphatic rings. The van der Waals surface area contributed by atoms with Crippen molar-refractivity contribution in [3.63, 3.8) is 0 Å². The van der Waals surface area contributed by atoms with Crippen molar-refractivity contribution in [3.05, 3.63) is 16.6 Å². The van der Waals surface area contributed by atoms with Gasteiger partial charge in [0.25, 0.3) is 0 Å². The molecule has 1 aliphatic heterocycles. The van der Waals surface area contributed by atoms with Crippen LogP contribution in [0.1, 0.15) is 12.8 Å². The Morgan fingerprint density at radius 1 is 1.32 bits per heavy atom. The van der Waals surface area contributed by atoms with Gasteiger partial charge in [-0.25, -0.2) is 8.42 Å². The summed E-state index contributed by atoms with van der Waals surface area (Å²) in [7, 11) is -1.18. The number of carboxylic acids is 1. The molecule has 0 saturated carbocycles. The SMILES string of the molecule is COc1cc(OC)c(S(=O)(=O)N2CCC[C@H]2C(=O)O)cc1Br. The van der Waals surface area contributed by atoms with Crippen LogP contribution in [0, 0.1) is 0 Å². The number of nitrogens with zero attached hydrogens (tertiary/aromatic N) is 1. The van der Waals surface area contributed by atoms with Crippen molar-refractivity contribution in [2.45, 2.75) is 23.8 Å². The molecule has 0 bridgehead atoms. The van der Waals surface area contributed by atoms with Gasteiger partial charge in [-0.05, 0) is 34.8 Å². The molecule has 22 heavy (non-hydrogen) atoms. The van der Waals surface area contributed by atoms with Crippen molar-refractivity contribution < 1.29 is 27.8 Å². The van der Waals surface area contributed by atoms with Crippen LogP contribution in [0.5, 0.6) is 11.5 Å². The first kappa shape index (κ1) is 17.0. The van der Waals surface area contributed by atoms with Crippen molar-refractivity contribution in [1.82, 2.24) is 4.31 Å². The summed E-state index contributed by atoms with van der Waals surface area (Å²) in [4.78, 5) is 11.2. The second-order valence-corrected chi connectivity index (χ2v) is 7.46. The highest BCUT2D eigenvalue weighted by molar-refractivity contribution is 9.10. The number of rotatable bonds is 5. The molecule has 122 valence electrons. The van der Waals surface area contributed by atoms with Crippen LogP contribution in [0.4, 0.5) is 0 Å². The third-order valence-electron chi connectivity index (χ3n) is 3.51. The number of benzene rings is 1. The average molecular weight is 394 g/mol. The molecule has 9 heteroatoms. The predicted molar refractivity (Wildman–Crippen MR) is 81.8 cm³/mol. The van der Waals surface area contributed by atoms with E-state index in [2.05, 4.69) is 15.9 Å². The molecule has 1 atom stereocenters. The zero-order valence-electron chi connectivity index (χ0n) is 12.1. The largest absolute Gasteiger partial charge is 0.495 e. The van der Waals surface area contributed by atoms with E-state index in [4.69, 9.17) is 9.47 Å². The predicted octanol–water partition coefficient (Wildman–Crippen LogP) is 1.70. The van der Waals surface area contributed by atoms with E-state index in [1.807, 2.05) is 0 Å². The van der Waals surface area contributed by atoms with Gasteiger partial charge >= 0.3 is 5.97 Å². The number of carbonyl (C=O) groups is 1. The van der Waals surface area contributed by atoms with E-state index >= 15 is 0 Å². The maximum atomic E-state index is 12.8. The summed E-state index contributed by atoms with van der Waals surface area (Å²) < 4.78 is 37.3. The minimum atomic E-state index is -3.98. The fourth-order valence-electron chi connectivity index (χ4n) is 2.43. The van der Waals surface area contributed by atoms with Crippen LogP contribution in [-0.2, 0) is 14.8 Å². The topological polar surface area (TPSA) is 93.1 Å². The van der Waals surface area contributed by atoms with Gasteiger partial charge in [0.05, 0.1) is 18.7 Å². The van der Waals surface area contributed by atoms with Crippen LogP contribution in [0.25, 0.3) is 0 Å². The molecule has 2 rings (SSSR count). The number of sulfonamides is 1. The molecule has 0 spiro atoms. The fourth-order valence-corrected chi connectivity index (χ4v) is 4.91. The molecule has 1 aromatic carbocycles. The van der Waals surface area contributed by atoms with Crippen molar-refractivity contribution in [1.29, 1.82) is 0 Å². The normalized spacial score (nSPS) is 19.1. The summed E-state index contributed by atoms with van der Waals surface area (Å²) >= 11 is 3.24. The van der Waals surface area contributed by atoms with Gasteiger partial charge in [0.1, 0.15) is 22.4 Å². The van der Waals surface area contributed by atoms with Crippen molar-refractivity contribution in [3.8, 4) is 11.5 Å². The van der Waals surface area contributed by atoms with Crippen LogP contribution in [0.2, 0.25) is 0 Å². The Morgan fingerprint density at radius 2 is 1.95 bits per heavy atom. The summed E-state index contributed by atoms with van der Waals surface area (Å²) in [6.07, 6.45) is 0.810. The van der Waals surface area contributed by atoms with Crippen LogP contribution in [0.15, 0.2) is 21.5 Å².